The maximum absolute atomic E-state index is 5.18. The van der Waals surface area contributed by atoms with Crippen LogP contribution < -0.4 is 26.4 Å². The van der Waals surface area contributed by atoms with Crippen LogP contribution in [-0.4, -0.2) is 48.3 Å². The Morgan fingerprint density at radius 2 is 1.59 bits per heavy atom. The van der Waals surface area contributed by atoms with E-state index < -0.39 is 0 Å². The Morgan fingerprint density at radius 3 is 2.19 bits per heavy atom. The molecule has 7 nitrogen and oxygen atoms in total. The van der Waals surface area contributed by atoms with Gasteiger partial charge in [-0.3, -0.25) is 10.9 Å². The van der Waals surface area contributed by atoms with Crippen molar-refractivity contribution in [1.29, 1.82) is 0 Å². The highest BCUT2D eigenvalue weighted by atomic mass is 32.1. The molecule has 1 aliphatic rings. The normalized spacial score (nSPS) is 14.3. The minimum atomic E-state index is 0.466. The number of nitrogens with one attached hydrogen (secondary N) is 4. The summed E-state index contributed by atoms with van der Waals surface area (Å²) in [4.78, 5) is 2.39. The first-order chi connectivity index (χ1) is 13.1. The summed E-state index contributed by atoms with van der Waals surface area (Å²) >= 11 is 10.3. The predicted molar refractivity (Wildman–Crippen MR) is 122 cm³/mol. The van der Waals surface area contributed by atoms with Crippen LogP contribution in [0.25, 0.3) is 0 Å². The summed E-state index contributed by atoms with van der Waals surface area (Å²) in [6.45, 7) is 7.64. The van der Waals surface area contributed by atoms with E-state index in [2.05, 4.69) is 48.7 Å². The van der Waals surface area contributed by atoms with Crippen LogP contribution in [0.1, 0.15) is 32.3 Å². The summed E-state index contributed by atoms with van der Waals surface area (Å²) in [7, 11) is 0. The van der Waals surface area contributed by atoms with Crippen molar-refractivity contribution in [3.05, 3.63) is 29.8 Å². The molecule has 27 heavy (non-hydrogen) atoms. The lowest BCUT2D eigenvalue weighted by Gasteiger charge is -2.17. The Bertz CT molecular complexity index is 679. The lowest BCUT2D eigenvalue weighted by Crippen LogP contribution is -2.33. The van der Waals surface area contributed by atoms with Crippen LogP contribution in [0.2, 0.25) is 0 Å². The molecule has 9 heteroatoms. The first kappa shape index (κ1) is 21.0. The number of hydrogen-bond acceptors (Lipinski definition) is 5. The van der Waals surface area contributed by atoms with Gasteiger partial charge >= 0.3 is 0 Å². The van der Waals surface area contributed by atoms with E-state index in [1.807, 2.05) is 26.0 Å². The quantitative estimate of drug-likeness (QED) is 0.314. The van der Waals surface area contributed by atoms with E-state index in [-0.39, 0.29) is 0 Å². The average Bonchev–Trinajstić information content (AvgIpc) is 3.20. The molecule has 1 aliphatic heterocycles. The van der Waals surface area contributed by atoms with E-state index in [0.717, 1.165) is 31.7 Å². The predicted octanol–water partition coefficient (Wildman–Crippen LogP) is 1.94. The number of thiocarbonyl (C=S) groups is 2. The molecule has 0 amide bonds. The van der Waals surface area contributed by atoms with Crippen molar-refractivity contribution in [3.63, 3.8) is 0 Å². The summed E-state index contributed by atoms with van der Waals surface area (Å²) in [5.41, 5.74) is 8.44. The smallest absolute Gasteiger partial charge is 0.186 e. The summed E-state index contributed by atoms with van der Waals surface area (Å²) in [5, 5.41) is 15.5. The molecule has 0 radical (unpaired) electrons. The molecule has 1 aromatic carbocycles. The first-order valence-corrected chi connectivity index (χ1v) is 9.99. The number of benzene rings is 1. The second kappa shape index (κ2) is 11.5. The summed E-state index contributed by atoms with van der Waals surface area (Å²) in [6.07, 6.45) is 4.13. The lowest BCUT2D eigenvalue weighted by atomic mass is 10.1. The van der Waals surface area contributed by atoms with Gasteiger partial charge in [0.25, 0.3) is 0 Å². The molecule has 0 aliphatic carbocycles. The molecule has 0 unspecified atom stereocenters. The SMILES string of the molecule is CCNC(=S)N/N=C\C(=N\NC(=S)NCC)c1ccc(N2CCCC2)cc1. The molecule has 1 fully saturated rings. The molecule has 4 N–H and O–H groups in total. The average molecular weight is 406 g/mol. The highest BCUT2D eigenvalue weighted by Crippen LogP contribution is 2.20. The van der Waals surface area contributed by atoms with E-state index in [4.69, 9.17) is 24.4 Å². The lowest BCUT2D eigenvalue weighted by molar-refractivity contribution is 0.899. The Kier molecular flexibility index (Phi) is 8.93. The van der Waals surface area contributed by atoms with Crippen LogP contribution in [0.15, 0.2) is 34.5 Å². The zero-order valence-corrected chi connectivity index (χ0v) is 17.4. The van der Waals surface area contributed by atoms with Crippen molar-refractivity contribution in [2.75, 3.05) is 31.1 Å². The molecule has 146 valence electrons. The zero-order valence-electron chi connectivity index (χ0n) is 15.8. The monoisotopic (exact) mass is 405 g/mol. The van der Waals surface area contributed by atoms with Gasteiger partial charge in [-0.25, -0.2) is 0 Å². The van der Waals surface area contributed by atoms with Gasteiger partial charge in [0.05, 0.1) is 6.21 Å². The van der Waals surface area contributed by atoms with Gasteiger partial charge in [0.1, 0.15) is 5.71 Å². The highest BCUT2D eigenvalue weighted by Gasteiger charge is 2.12. The third kappa shape index (κ3) is 7.10. The van der Waals surface area contributed by atoms with Crippen molar-refractivity contribution < 1.29 is 0 Å². The molecule has 0 spiro atoms. The zero-order chi connectivity index (χ0) is 19.5. The molecule has 1 heterocycles. The van der Waals surface area contributed by atoms with Gasteiger partial charge in [-0.2, -0.15) is 10.2 Å². The number of hydrazone groups is 2. The van der Waals surface area contributed by atoms with Crippen LogP contribution in [-0.2, 0) is 0 Å². The molecular formula is C18H27N7S2. The van der Waals surface area contributed by atoms with E-state index in [0.29, 0.717) is 15.9 Å². The Morgan fingerprint density at radius 1 is 1.00 bits per heavy atom. The van der Waals surface area contributed by atoms with Crippen molar-refractivity contribution in [2.24, 2.45) is 10.2 Å². The summed E-state index contributed by atoms with van der Waals surface area (Å²) < 4.78 is 0. The third-order valence-corrected chi connectivity index (χ3v) is 4.41. The van der Waals surface area contributed by atoms with Gasteiger partial charge in [-0.15, -0.1) is 0 Å². The van der Waals surface area contributed by atoms with Crippen LogP contribution in [0.3, 0.4) is 0 Å². The Labute approximate surface area is 171 Å². The van der Waals surface area contributed by atoms with E-state index in [1.54, 1.807) is 6.21 Å². The van der Waals surface area contributed by atoms with Gasteiger partial charge in [-0.1, -0.05) is 12.1 Å². The second-order valence-electron chi connectivity index (χ2n) is 5.94. The van der Waals surface area contributed by atoms with Gasteiger partial charge in [0.15, 0.2) is 10.2 Å². The number of rotatable bonds is 7. The Hall–Kier alpha value is -2.26. The van der Waals surface area contributed by atoms with Crippen LogP contribution in [0, 0.1) is 0 Å². The van der Waals surface area contributed by atoms with E-state index >= 15 is 0 Å². The fourth-order valence-electron chi connectivity index (χ4n) is 2.65. The minimum absolute atomic E-state index is 0.466. The molecule has 1 aromatic rings. The number of anilines is 1. The van der Waals surface area contributed by atoms with Crippen LogP contribution in [0.4, 0.5) is 5.69 Å². The Balaban J connectivity index is 2.12. The summed E-state index contributed by atoms with van der Waals surface area (Å²) in [5.74, 6) is 0. The second-order valence-corrected chi connectivity index (χ2v) is 6.76. The van der Waals surface area contributed by atoms with Crippen molar-refractivity contribution in [2.45, 2.75) is 26.7 Å². The summed E-state index contributed by atoms with van der Waals surface area (Å²) in [6, 6.07) is 8.31. The molecular weight excluding hydrogens is 378 g/mol. The number of nitrogens with zero attached hydrogens (tertiary/aromatic N) is 3. The van der Waals surface area contributed by atoms with Crippen molar-refractivity contribution >= 4 is 52.3 Å². The van der Waals surface area contributed by atoms with E-state index in [1.165, 1.54) is 18.5 Å². The topological polar surface area (TPSA) is 76.1 Å². The van der Waals surface area contributed by atoms with Crippen LogP contribution >= 0.6 is 24.4 Å². The van der Waals surface area contributed by atoms with Crippen molar-refractivity contribution in [1.82, 2.24) is 21.5 Å². The van der Waals surface area contributed by atoms with Gasteiger partial charge in [-0.05, 0) is 63.3 Å². The molecule has 1 saturated heterocycles. The molecule has 0 aromatic heterocycles. The van der Waals surface area contributed by atoms with Gasteiger partial charge in [0, 0.05) is 37.4 Å². The fourth-order valence-corrected chi connectivity index (χ4v) is 3.04. The standard InChI is InChI=1S/C18H27N7S2/c1-3-19-17(26)23-21-13-16(22-24-18(27)20-4-2)14-7-9-15(10-8-14)25-11-5-6-12-25/h7-10,13H,3-6,11-12H2,1-2H3,(H2,19,23,26)(H2,20,24,27)/b21-13-,22-16-. The maximum atomic E-state index is 5.18. The molecule has 0 saturated carbocycles. The largest absolute Gasteiger partial charge is 0.372 e. The van der Waals surface area contributed by atoms with Crippen LogP contribution in [0.5, 0.6) is 0 Å². The maximum Gasteiger partial charge on any atom is 0.186 e. The van der Waals surface area contributed by atoms with Gasteiger partial charge in [0.2, 0.25) is 0 Å². The molecule has 0 atom stereocenters. The number of hydrogen-bond donors (Lipinski definition) is 4. The fraction of sp³-hybridized carbons (Fsp3) is 0.444. The van der Waals surface area contributed by atoms with Crippen molar-refractivity contribution in [3.8, 4) is 0 Å². The molecule has 2 rings (SSSR count). The highest BCUT2D eigenvalue weighted by molar-refractivity contribution is 7.80. The first-order valence-electron chi connectivity index (χ1n) is 9.17. The molecule has 0 bridgehead atoms. The minimum Gasteiger partial charge on any atom is -0.372 e. The third-order valence-electron chi connectivity index (χ3n) is 3.94. The van der Waals surface area contributed by atoms with Gasteiger partial charge < -0.3 is 15.5 Å². The van der Waals surface area contributed by atoms with E-state index in [9.17, 15) is 0 Å².